The van der Waals surface area contributed by atoms with Gasteiger partial charge in [-0.15, -0.1) is 0 Å². The van der Waals surface area contributed by atoms with Crippen LogP contribution in [0.2, 0.25) is 0 Å². The first-order chi connectivity index (χ1) is 6.98. The smallest absolute Gasteiger partial charge is 0.0777 e. The van der Waals surface area contributed by atoms with Crippen molar-refractivity contribution in [2.24, 2.45) is 5.41 Å². The van der Waals surface area contributed by atoms with E-state index in [1.807, 2.05) is 20.8 Å². The van der Waals surface area contributed by atoms with Crippen LogP contribution < -0.4 is 5.11 Å². The number of carboxylic acids is 1. The molecule has 0 rings (SSSR count). The Bertz CT molecular complexity index is 187. The van der Waals surface area contributed by atoms with E-state index in [0.29, 0.717) is 6.42 Å². The summed E-state index contributed by atoms with van der Waals surface area (Å²) in [6, 6.07) is 0. The molecule has 0 bridgehead atoms. The van der Waals surface area contributed by atoms with Crippen molar-refractivity contribution in [1.82, 2.24) is 0 Å². The summed E-state index contributed by atoms with van der Waals surface area (Å²) in [5, 5.41) is 9.93. The van der Waals surface area contributed by atoms with Crippen LogP contribution in [0.4, 0.5) is 0 Å². The van der Waals surface area contributed by atoms with Crippen LogP contribution in [-0.2, 0) is 4.79 Å². The van der Waals surface area contributed by atoms with E-state index in [-0.39, 0.29) is 11.8 Å². The van der Waals surface area contributed by atoms with Crippen molar-refractivity contribution >= 4 is 5.97 Å². The molecule has 0 aliphatic carbocycles. The lowest BCUT2D eigenvalue weighted by Crippen LogP contribution is -2.34. The zero-order chi connectivity index (χ0) is 13.4. The van der Waals surface area contributed by atoms with Gasteiger partial charge in [-0.25, -0.2) is 0 Å². The molecule has 0 aromatic rings. The Labute approximate surface area is 101 Å². The largest absolute Gasteiger partial charge is 0.550 e. The van der Waals surface area contributed by atoms with Crippen LogP contribution in [0, 0.1) is 5.41 Å². The van der Waals surface area contributed by atoms with E-state index >= 15 is 0 Å². The number of rotatable bonds is 4. The zero-order valence-corrected chi connectivity index (χ0v) is 12.1. The fourth-order valence-electron chi connectivity index (χ4n) is 1.15. The highest BCUT2D eigenvalue weighted by molar-refractivity contribution is 5.64. The van der Waals surface area contributed by atoms with E-state index in [4.69, 9.17) is 0 Å². The van der Waals surface area contributed by atoms with Gasteiger partial charge in [0.1, 0.15) is 0 Å². The molecule has 0 fully saturated rings. The molecule has 0 aromatic carbocycles. The molecule has 0 saturated heterocycles. The van der Waals surface area contributed by atoms with Crippen LogP contribution in [0.25, 0.3) is 0 Å². The number of aliphatic carboxylic acids is 1. The summed E-state index contributed by atoms with van der Waals surface area (Å²) >= 11 is 0. The minimum absolute atomic E-state index is 0.111. The normalized spacial score (nSPS) is 11.7. The quantitative estimate of drug-likeness (QED) is 0.690. The SMILES string of the molecule is CC(C)(C)CCC(=O)[O-].CCC[N+](C)(C)C. The third-order valence-corrected chi connectivity index (χ3v) is 1.97. The summed E-state index contributed by atoms with van der Waals surface area (Å²) in [5.41, 5.74) is 0.111. The summed E-state index contributed by atoms with van der Waals surface area (Å²) in [6.07, 6.45) is 2.14. The van der Waals surface area contributed by atoms with Crippen molar-refractivity contribution in [2.75, 3.05) is 27.7 Å². The van der Waals surface area contributed by atoms with Gasteiger partial charge in [0.25, 0.3) is 0 Å². The Kier molecular flexibility index (Phi) is 8.53. The Morgan fingerprint density at radius 1 is 1.19 bits per heavy atom. The van der Waals surface area contributed by atoms with Crippen LogP contribution in [-0.4, -0.2) is 38.1 Å². The van der Waals surface area contributed by atoms with Gasteiger partial charge in [-0.1, -0.05) is 27.7 Å². The lowest BCUT2D eigenvalue weighted by atomic mass is 9.91. The molecule has 0 saturated carbocycles. The maximum Gasteiger partial charge on any atom is 0.0777 e. The predicted molar refractivity (Wildman–Crippen MR) is 66.9 cm³/mol. The minimum Gasteiger partial charge on any atom is -0.550 e. The van der Waals surface area contributed by atoms with Gasteiger partial charge in [-0.3, -0.25) is 0 Å². The highest BCUT2D eigenvalue weighted by atomic mass is 16.4. The molecule has 0 unspecified atom stereocenters. The maximum absolute atomic E-state index is 9.93. The molecule has 3 nitrogen and oxygen atoms in total. The van der Waals surface area contributed by atoms with E-state index < -0.39 is 5.97 Å². The first-order valence-electron chi connectivity index (χ1n) is 5.98. The fourth-order valence-corrected chi connectivity index (χ4v) is 1.15. The second-order valence-corrected chi connectivity index (χ2v) is 6.45. The van der Waals surface area contributed by atoms with E-state index in [2.05, 4.69) is 28.1 Å². The van der Waals surface area contributed by atoms with Gasteiger partial charge in [0.15, 0.2) is 0 Å². The van der Waals surface area contributed by atoms with E-state index in [9.17, 15) is 9.90 Å². The Balaban J connectivity index is 0. The Morgan fingerprint density at radius 2 is 1.62 bits per heavy atom. The van der Waals surface area contributed by atoms with Crippen LogP contribution in [0.3, 0.4) is 0 Å². The van der Waals surface area contributed by atoms with Gasteiger partial charge < -0.3 is 14.4 Å². The molecule has 0 heterocycles. The molecular formula is C13H29NO2. The van der Waals surface area contributed by atoms with Crippen molar-refractivity contribution in [2.45, 2.75) is 47.0 Å². The third-order valence-electron chi connectivity index (χ3n) is 1.97. The number of carbonyl (C=O) groups excluding carboxylic acids is 1. The summed E-state index contributed by atoms with van der Waals surface area (Å²) < 4.78 is 1.09. The van der Waals surface area contributed by atoms with Crippen LogP contribution >= 0.6 is 0 Å². The first kappa shape index (κ1) is 17.8. The van der Waals surface area contributed by atoms with Gasteiger partial charge in [0.05, 0.1) is 27.7 Å². The molecule has 0 amide bonds. The molecule has 0 aliphatic rings. The lowest BCUT2D eigenvalue weighted by Gasteiger charge is -2.22. The Hall–Kier alpha value is -0.570. The number of quaternary nitrogens is 1. The summed E-state index contributed by atoms with van der Waals surface area (Å²) in [4.78, 5) is 9.93. The lowest BCUT2D eigenvalue weighted by molar-refractivity contribution is -0.870. The second-order valence-electron chi connectivity index (χ2n) is 6.45. The van der Waals surface area contributed by atoms with Crippen LogP contribution in [0.5, 0.6) is 0 Å². The summed E-state index contributed by atoms with van der Waals surface area (Å²) in [6.45, 7) is 9.52. The number of carboxylic acid groups (broad SMARTS) is 1. The average Bonchev–Trinajstić information content (AvgIpc) is 1.98. The van der Waals surface area contributed by atoms with Crippen molar-refractivity contribution in [3.05, 3.63) is 0 Å². The molecule has 0 aliphatic heterocycles. The van der Waals surface area contributed by atoms with Gasteiger partial charge in [0, 0.05) is 5.97 Å². The monoisotopic (exact) mass is 231 g/mol. The van der Waals surface area contributed by atoms with Gasteiger partial charge >= 0.3 is 0 Å². The highest BCUT2D eigenvalue weighted by Crippen LogP contribution is 2.19. The first-order valence-corrected chi connectivity index (χ1v) is 5.98. The second kappa shape index (κ2) is 7.66. The summed E-state index contributed by atoms with van der Waals surface area (Å²) in [7, 11) is 6.64. The molecule has 16 heavy (non-hydrogen) atoms. The number of nitrogens with zero attached hydrogens (tertiary/aromatic N) is 1. The molecule has 0 N–H and O–H groups in total. The molecule has 98 valence electrons. The molecule has 0 aromatic heterocycles. The molecule has 0 spiro atoms. The molecular weight excluding hydrogens is 202 g/mol. The Morgan fingerprint density at radius 3 is 1.69 bits per heavy atom. The van der Waals surface area contributed by atoms with E-state index in [1.165, 1.54) is 13.0 Å². The predicted octanol–water partition coefficient (Wildman–Crippen LogP) is 1.67. The maximum atomic E-state index is 9.93. The highest BCUT2D eigenvalue weighted by Gasteiger charge is 2.08. The third kappa shape index (κ3) is 23.3. The topological polar surface area (TPSA) is 40.1 Å². The fraction of sp³-hybridized carbons (Fsp3) is 0.923. The number of carbonyl (C=O) groups is 1. The average molecular weight is 231 g/mol. The van der Waals surface area contributed by atoms with Crippen LogP contribution in [0.15, 0.2) is 0 Å². The van der Waals surface area contributed by atoms with E-state index in [1.54, 1.807) is 0 Å². The zero-order valence-electron chi connectivity index (χ0n) is 12.1. The van der Waals surface area contributed by atoms with Crippen molar-refractivity contribution < 1.29 is 14.4 Å². The van der Waals surface area contributed by atoms with E-state index in [0.717, 1.165) is 4.48 Å². The number of hydrogen-bond donors (Lipinski definition) is 0. The minimum atomic E-state index is -0.954. The van der Waals surface area contributed by atoms with Gasteiger partial charge in [-0.2, -0.15) is 0 Å². The van der Waals surface area contributed by atoms with Crippen molar-refractivity contribution in [1.29, 1.82) is 0 Å². The standard InChI is InChI=1S/C7H14O2.C6H16N/c1-7(2,3)5-4-6(8)9;1-5-6-7(2,3)4/h4-5H2,1-3H3,(H,8,9);5-6H2,1-4H3/q;+1/p-1. The molecule has 3 heteroatoms. The van der Waals surface area contributed by atoms with Crippen molar-refractivity contribution in [3.63, 3.8) is 0 Å². The van der Waals surface area contributed by atoms with Crippen LogP contribution in [0.1, 0.15) is 47.0 Å². The van der Waals surface area contributed by atoms with Gasteiger partial charge in [-0.05, 0) is 24.7 Å². The van der Waals surface area contributed by atoms with Crippen molar-refractivity contribution in [3.8, 4) is 0 Å². The van der Waals surface area contributed by atoms with Gasteiger partial charge in [0.2, 0.25) is 0 Å². The molecule has 0 radical (unpaired) electrons. The summed E-state index contributed by atoms with van der Waals surface area (Å²) in [5.74, 6) is -0.954. The molecule has 0 atom stereocenters. The number of hydrogen-bond acceptors (Lipinski definition) is 2.